The van der Waals surface area contributed by atoms with E-state index in [2.05, 4.69) is 23.1 Å². The van der Waals surface area contributed by atoms with E-state index in [1.165, 1.54) is 0 Å². The van der Waals surface area contributed by atoms with Crippen molar-refractivity contribution in [2.24, 2.45) is 9.98 Å². The first-order valence-corrected chi connectivity index (χ1v) is 7.06. The van der Waals surface area contributed by atoms with Crippen LogP contribution in [0, 0.1) is 0 Å². The number of hydrogen-bond acceptors (Lipinski definition) is 2. The number of aliphatic imine (C=N–C) groups is 2. The van der Waals surface area contributed by atoms with Crippen molar-refractivity contribution in [3.05, 3.63) is 96.2 Å². The Labute approximate surface area is 130 Å². The van der Waals surface area contributed by atoms with E-state index < -0.39 is 0 Å². The highest BCUT2D eigenvalue weighted by Gasteiger charge is 2.01. The van der Waals surface area contributed by atoms with Crippen LogP contribution in [0.15, 0.2) is 106 Å². The molecule has 1 aromatic rings. The average Bonchev–Trinajstić information content (AvgIpc) is 3.12. The Bertz CT molecular complexity index is 726. The van der Waals surface area contributed by atoms with Crippen LogP contribution in [0.1, 0.15) is 0 Å². The predicted molar refractivity (Wildman–Crippen MR) is 95.5 cm³/mol. The molecule has 0 amide bonds. The van der Waals surface area contributed by atoms with Gasteiger partial charge < -0.3 is 0 Å². The summed E-state index contributed by atoms with van der Waals surface area (Å²) in [6.45, 7) is 7.89. The van der Waals surface area contributed by atoms with E-state index in [4.69, 9.17) is 0 Å². The molecule has 0 saturated heterocycles. The summed E-state index contributed by atoms with van der Waals surface area (Å²) < 4.78 is 0. The molecule has 2 aliphatic rings. The number of benzene rings is 1. The van der Waals surface area contributed by atoms with Crippen LogP contribution in [0.3, 0.4) is 0 Å². The van der Waals surface area contributed by atoms with Crippen LogP contribution >= 0.6 is 0 Å². The zero-order chi connectivity index (χ0) is 15.4. The Hall–Kier alpha value is -3.00. The molecular weight excluding hydrogens is 268 g/mol. The minimum atomic E-state index is 0.894. The molecule has 22 heavy (non-hydrogen) atoms. The van der Waals surface area contributed by atoms with Crippen molar-refractivity contribution in [2.75, 3.05) is 0 Å². The molecule has 0 saturated carbocycles. The smallest absolute Gasteiger partial charge is 0.0631 e. The molecule has 0 unspecified atom stereocenters. The van der Waals surface area contributed by atoms with E-state index in [1.807, 2.05) is 73.2 Å². The summed E-state index contributed by atoms with van der Waals surface area (Å²) in [5.41, 5.74) is 5.85. The van der Waals surface area contributed by atoms with Crippen LogP contribution < -0.4 is 0 Å². The lowest BCUT2D eigenvalue weighted by atomic mass is 10.2. The highest BCUT2D eigenvalue weighted by Crippen LogP contribution is 2.21. The van der Waals surface area contributed by atoms with E-state index in [1.54, 1.807) is 0 Å². The summed E-state index contributed by atoms with van der Waals surface area (Å²) in [7, 11) is 0. The van der Waals surface area contributed by atoms with E-state index in [-0.39, 0.29) is 0 Å². The zero-order valence-corrected chi connectivity index (χ0v) is 12.2. The summed E-state index contributed by atoms with van der Waals surface area (Å²) in [5.74, 6) is 0. The maximum Gasteiger partial charge on any atom is 0.0631 e. The maximum absolute atomic E-state index is 4.45. The number of nitrogens with zero attached hydrogens (tertiary/aromatic N) is 2. The second-order valence-electron chi connectivity index (χ2n) is 5.05. The van der Waals surface area contributed by atoms with Gasteiger partial charge in [-0.1, -0.05) is 49.6 Å². The second kappa shape index (κ2) is 6.19. The van der Waals surface area contributed by atoms with Gasteiger partial charge in [-0.05, 0) is 46.6 Å². The van der Waals surface area contributed by atoms with Gasteiger partial charge in [-0.25, -0.2) is 0 Å². The van der Waals surface area contributed by atoms with Gasteiger partial charge in [0.05, 0.1) is 11.4 Å². The quantitative estimate of drug-likeness (QED) is 0.679. The lowest BCUT2D eigenvalue weighted by Gasteiger charge is -1.98. The molecule has 2 heteroatoms. The first-order chi connectivity index (χ1) is 10.7. The molecule has 2 nitrogen and oxygen atoms in total. The normalized spacial score (nSPS) is 17.1. The van der Waals surface area contributed by atoms with Crippen LogP contribution in [0.5, 0.6) is 0 Å². The molecule has 3 rings (SSSR count). The van der Waals surface area contributed by atoms with Crippen LogP contribution in [-0.4, -0.2) is 12.4 Å². The van der Waals surface area contributed by atoms with E-state index >= 15 is 0 Å². The monoisotopic (exact) mass is 284 g/mol. The molecular formula is C20H16N2. The molecule has 0 N–H and O–H groups in total. The molecule has 0 aliphatic heterocycles. The first kappa shape index (κ1) is 14.0. The van der Waals surface area contributed by atoms with Gasteiger partial charge in [0.25, 0.3) is 0 Å². The molecule has 0 spiro atoms. The molecule has 0 bridgehead atoms. The predicted octanol–water partition coefficient (Wildman–Crippen LogP) is 5.20. The minimum Gasteiger partial charge on any atom is -0.256 e. The van der Waals surface area contributed by atoms with Crippen molar-refractivity contribution >= 4 is 23.8 Å². The fourth-order valence-corrected chi connectivity index (χ4v) is 2.11. The van der Waals surface area contributed by atoms with Crippen molar-refractivity contribution in [3.63, 3.8) is 0 Å². The fourth-order valence-electron chi connectivity index (χ4n) is 2.11. The van der Waals surface area contributed by atoms with Crippen LogP contribution in [-0.2, 0) is 0 Å². The highest BCUT2D eigenvalue weighted by atomic mass is 14.7. The average molecular weight is 284 g/mol. The molecule has 0 atom stereocenters. The van der Waals surface area contributed by atoms with Crippen LogP contribution in [0.4, 0.5) is 11.4 Å². The van der Waals surface area contributed by atoms with E-state index in [0.717, 1.165) is 33.7 Å². The summed E-state index contributed by atoms with van der Waals surface area (Å²) in [5, 5.41) is 0. The lowest BCUT2D eigenvalue weighted by Crippen LogP contribution is -1.82. The zero-order valence-electron chi connectivity index (χ0n) is 12.2. The van der Waals surface area contributed by atoms with Gasteiger partial charge in [0.15, 0.2) is 0 Å². The SMILES string of the molecule is C=C1C=CC=C1C=Nc1ccc(N=CC2=CC=CC2=C)cc1. The summed E-state index contributed by atoms with van der Waals surface area (Å²) in [6.07, 6.45) is 15.6. The summed E-state index contributed by atoms with van der Waals surface area (Å²) in [6, 6.07) is 7.80. The molecule has 0 aromatic heterocycles. The standard InChI is InChI=1S/C20H16N2/c1-15-5-3-7-17(15)13-21-19-9-11-20(12-10-19)22-14-18-8-4-6-16(18)2/h3-14H,1-2H2. The topological polar surface area (TPSA) is 24.7 Å². The summed E-state index contributed by atoms with van der Waals surface area (Å²) >= 11 is 0. The van der Waals surface area contributed by atoms with Gasteiger partial charge in [-0.2, -0.15) is 0 Å². The molecule has 0 heterocycles. The number of rotatable bonds is 4. The third kappa shape index (κ3) is 3.18. The maximum atomic E-state index is 4.45. The first-order valence-electron chi connectivity index (χ1n) is 7.06. The Morgan fingerprint density at radius 2 is 1.09 bits per heavy atom. The Kier molecular flexibility index (Phi) is 3.92. The van der Waals surface area contributed by atoms with Gasteiger partial charge in [0, 0.05) is 12.4 Å². The minimum absolute atomic E-state index is 0.894. The fraction of sp³-hybridized carbons (Fsp3) is 0. The van der Waals surface area contributed by atoms with Crippen LogP contribution in [0.25, 0.3) is 0 Å². The summed E-state index contributed by atoms with van der Waals surface area (Å²) in [4.78, 5) is 8.90. The van der Waals surface area contributed by atoms with Crippen molar-refractivity contribution in [2.45, 2.75) is 0 Å². The Morgan fingerprint density at radius 3 is 1.41 bits per heavy atom. The third-order valence-electron chi connectivity index (χ3n) is 3.44. The van der Waals surface area contributed by atoms with E-state index in [0.29, 0.717) is 0 Å². The Morgan fingerprint density at radius 1 is 0.682 bits per heavy atom. The van der Waals surface area contributed by atoms with Crippen molar-refractivity contribution in [3.8, 4) is 0 Å². The van der Waals surface area contributed by atoms with Gasteiger partial charge in [0.2, 0.25) is 0 Å². The van der Waals surface area contributed by atoms with Gasteiger partial charge in [-0.3, -0.25) is 9.98 Å². The molecule has 2 aliphatic carbocycles. The van der Waals surface area contributed by atoms with Gasteiger partial charge >= 0.3 is 0 Å². The van der Waals surface area contributed by atoms with Crippen molar-refractivity contribution in [1.29, 1.82) is 0 Å². The van der Waals surface area contributed by atoms with Gasteiger partial charge in [0.1, 0.15) is 0 Å². The third-order valence-corrected chi connectivity index (χ3v) is 3.44. The lowest BCUT2D eigenvalue weighted by molar-refractivity contribution is 1.48. The van der Waals surface area contributed by atoms with Crippen molar-refractivity contribution < 1.29 is 0 Å². The largest absolute Gasteiger partial charge is 0.256 e. The van der Waals surface area contributed by atoms with Crippen molar-refractivity contribution in [1.82, 2.24) is 0 Å². The molecule has 0 radical (unpaired) electrons. The molecule has 0 fully saturated rings. The highest BCUT2D eigenvalue weighted by molar-refractivity contribution is 5.90. The molecule has 1 aromatic carbocycles. The van der Waals surface area contributed by atoms with E-state index in [9.17, 15) is 0 Å². The number of hydrogen-bond donors (Lipinski definition) is 0. The molecule has 106 valence electrons. The van der Waals surface area contributed by atoms with Crippen LogP contribution in [0.2, 0.25) is 0 Å². The number of allylic oxidation sites excluding steroid dienone is 10. The van der Waals surface area contributed by atoms with Gasteiger partial charge in [-0.15, -0.1) is 0 Å². The Balaban J connectivity index is 1.66. The second-order valence-corrected chi connectivity index (χ2v) is 5.05.